The molecule has 3 aliphatic rings. The molecule has 5 amide bonds. The molecule has 2 aromatic rings. The van der Waals surface area contributed by atoms with E-state index in [4.69, 9.17) is 23.5 Å². The summed E-state index contributed by atoms with van der Waals surface area (Å²) in [6, 6.07) is -0.371. The fourth-order valence-corrected chi connectivity index (χ4v) is 6.19. The molecule has 4 heterocycles. The second kappa shape index (κ2) is 10.4. The van der Waals surface area contributed by atoms with Crippen molar-refractivity contribution in [1.82, 2.24) is 21.1 Å². The summed E-state index contributed by atoms with van der Waals surface area (Å²) >= 11 is 0. The molecule has 1 aromatic carbocycles. The van der Waals surface area contributed by atoms with Crippen molar-refractivity contribution in [3.8, 4) is 0 Å². The van der Waals surface area contributed by atoms with Crippen LogP contribution < -0.4 is 20.9 Å². The predicted octanol–water partition coefficient (Wildman–Crippen LogP) is -0.123. The number of methoxy groups -OCH3 is 3. The van der Waals surface area contributed by atoms with Gasteiger partial charge in [0.2, 0.25) is 17.4 Å². The maximum Gasteiger partial charge on any atom is 0.328 e. The van der Waals surface area contributed by atoms with Crippen LogP contribution in [0.1, 0.15) is 23.0 Å². The molecule has 3 N–H and O–H groups in total. The Morgan fingerprint density at radius 1 is 1.18 bits per heavy atom. The van der Waals surface area contributed by atoms with Crippen LogP contribution in [0.3, 0.4) is 0 Å². The first-order chi connectivity index (χ1) is 19.1. The van der Waals surface area contributed by atoms with E-state index in [-0.39, 0.29) is 67.3 Å². The Morgan fingerprint density at radius 3 is 2.40 bits per heavy atom. The van der Waals surface area contributed by atoms with Gasteiger partial charge in [0.05, 0.1) is 49.6 Å². The Bertz CT molecular complexity index is 1340. The fraction of sp³-hybridized carbons (Fsp3) is 0.560. The third-order valence-electron chi connectivity index (χ3n) is 7.63. The second-order valence-corrected chi connectivity index (χ2v) is 10.2. The second-order valence-electron chi connectivity index (χ2n) is 10.2. The van der Waals surface area contributed by atoms with Gasteiger partial charge in [-0.2, -0.15) is 0 Å². The van der Waals surface area contributed by atoms with Gasteiger partial charge in [-0.25, -0.2) is 9.18 Å². The lowest BCUT2D eigenvalue weighted by atomic mass is 9.66. The van der Waals surface area contributed by atoms with Crippen LogP contribution in [0.4, 0.5) is 14.9 Å². The summed E-state index contributed by atoms with van der Waals surface area (Å²) in [5.41, 5.74) is -2.98. The SMILES string of the molecule is COCC(COC)(COC)NC(=O)c1noc2c(F)c3c(cc12)CC1(C(=O)NC(=O)NC1=O)[C@H]1[C@H](C)OCCN31. The Hall–Kier alpha value is -3.66. The molecule has 0 aliphatic carbocycles. The van der Waals surface area contributed by atoms with Gasteiger partial charge in [-0.1, -0.05) is 5.16 Å². The molecule has 2 fully saturated rings. The number of urea groups is 1. The number of benzene rings is 1. The Labute approximate surface area is 227 Å². The molecule has 40 heavy (non-hydrogen) atoms. The van der Waals surface area contributed by atoms with E-state index in [1.54, 1.807) is 11.8 Å². The average molecular weight is 564 g/mol. The fourth-order valence-electron chi connectivity index (χ4n) is 6.19. The van der Waals surface area contributed by atoms with Crippen LogP contribution in [0, 0.1) is 11.2 Å². The van der Waals surface area contributed by atoms with Crippen LogP contribution >= 0.6 is 0 Å². The van der Waals surface area contributed by atoms with Crippen LogP contribution in [0.25, 0.3) is 11.0 Å². The number of nitrogens with zero attached hydrogens (tertiary/aromatic N) is 2. The first-order valence-corrected chi connectivity index (χ1v) is 12.6. The van der Waals surface area contributed by atoms with E-state index in [9.17, 15) is 19.2 Å². The lowest BCUT2D eigenvalue weighted by Crippen LogP contribution is -2.74. The monoisotopic (exact) mass is 563 g/mol. The Balaban J connectivity index is 1.62. The maximum atomic E-state index is 16.2. The highest BCUT2D eigenvalue weighted by atomic mass is 19.1. The highest BCUT2D eigenvalue weighted by molar-refractivity contribution is 6.20. The molecule has 5 rings (SSSR count). The number of amides is 5. The van der Waals surface area contributed by atoms with Gasteiger partial charge in [0.25, 0.3) is 5.91 Å². The summed E-state index contributed by atoms with van der Waals surface area (Å²) in [7, 11) is 4.38. The van der Waals surface area contributed by atoms with Crippen LogP contribution in [-0.4, -0.2) is 101 Å². The molecule has 1 aromatic heterocycles. The summed E-state index contributed by atoms with van der Waals surface area (Å²) in [5.74, 6) is -3.12. The van der Waals surface area contributed by atoms with E-state index >= 15 is 4.39 Å². The van der Waals surface area contributed by atoms with Crippen molar-refractivity contribution in [2.45, 2.75) is 31.0 Å². The number of aromatic nitrogens is 1. The number of halogens is 1. The quantitative estimate of drug-likeness (QED) is 0.366. The van der Waals surface area contributed by atoms with Gasteiger partial charge in [0.1, 0.15) is 5.54 Å². The van der Waals surface area contributed by atoms with Crippen molar-refractivity contribution in [1.29, 1.82) is 0 Å². The average Bonchev–Trinajstić information content (AvgIpc) is 3.32. The van der Waals surface area contributed by atoms with E-state index in [1.807, 2.05) is 0 Å². The number of ether oxygens (including phenoxy) is 4. The van der Waals surface area contributed by atoms with Crippen molar-refractivity contribution in [2.24, 2.45) is 5.41 Å². The molecule has 15 heteroatoms. The number of morpholine rings is 1. The lowest BCUT2D eigenvalue weighted by Gasteiger charge is -2.54. The zero-order valence-electron chi connectivity index (χ0n) is 22.4. The third-order valence-corrected chi connectivity index (χ3v) is 7.63. The number of carbonyl (C=O) groups is 4. The van der Waals surface area contributed by atoms with Gasteiger partial charge >= 0.3 is 6.03 Å². The molecule has 0 bridgehead atoms. The van der Waals surface area contributed by atoms with Gasteiger partial charge in [-0.05, 0) is 18.6 Å². The molecule has 14 nitrogen and oxygen atoms in total. The summed E-state index contributed by atoms with van der Waals surface area (Å²) in [5, 5.41) is 11.1. The van der Waals surface area contributed by atoms with Crippen molar-refractivity contribution >= 4 is 40.4 Å². The zero-order valence-corrected chi connectivity index (χ0v) is 22.4. The first-order valence-electron chi connectivity index (χ1n) is 12.6. The molecule has 2 atom stereocenters. The van der Waals surface area contributed by atoms with Gasteiger partial charge in [0, 0.05) is 34.3 Å². The number of hydrogen-bond acceptors (Lipinski definition) is 11. The topological polar surface area (TPSA) is 171 Å². The Kier molecular flexibility index (Phi) is 7.24. The van der Waals surface area contributed by atoms with Crippen LogP contribution in [0.15, 0.2) is 10.6 Å². The van der Waals surface area contributed by atoms with Crippen LogP contribution in [-0.2, 0) is 35.0 Å². The lowest BCUT2D eigenvalue weighted by molar-refractivity contribution is -0.151. The number of anilines is 1. The third kappa shape index (κ3) is 4.20. The molecule has 1 spiro atoms. The number of barbiturate groups is 1. The summed E-state index contributed by atoms with van der Waals surface area (Å²) in [6.45, 7) is 2.18. The molecular formula is C25H30FN5O9. The standard InChI is InChI=1S/C25H30FN5O9/c1-12-19-25(21(33)27-23(35)28-22(25)34)8-13-7-14-16(20(32)29-24(9-36-2,10-37-3)11-38-4)30-40-18(14)15(26)17(13)31(19)5-6-39-12/h7,12,19H,5-6,8-11H2,1-4H3,(H,29,32)(H2,27,28,33,34,35)/t12-,19+/m0/s1. The number of carbonyl (C=O) groups excluding carboxylic acids is 4. The van der Waals surface area contributed by atoms with Gasteiger partial charge in [-0.3, -0.25) is 25.0 Å². The molecule has 2 saturated heterocycles. The minimum atomic E-state index is -1.80. The van der Waals surface area contributed by atoms with Gasteiger partial charge in [0.15, 0.2) is 16.9 Å². The minimum absolute atomic E-state index is 0.0394. The number of rotatable bonds is 8. The van der Waals surface area contributed by atoms with Crippen molar-refractivity contribution in [3.63, 3.8) is 0 Å². The van der Waals surface area contributed by atoms with E-state index in [0.717, 1.165) is 0 Å². The normalized spacial score (nSPS) is 22.1. The van der Waals surface area contributed by atoms with E-state index in [1.165, 1.54) is 27.4 Å². The van der Waals surface area contributed by atoms with Crippen molar-refractivity contribution < 1.29 is 47.0 Å². The highest BCUT2D eigenvalue weighted by Crippen LogP contribution is 2.48. The van der Waals surface area contributed by atoms with Gasteiger partial charge < -0.3 is 33.7 Å². The first kappa shape index (κ1) is 27.9. The number of imide groups is 2. The van der Waals surface area contributed by atoms with Gasteiger partial charge in [-0.15, -0.1) is 0 Å². The molecule has 0 saturated carbocycles. The highest BCUT2D eigenvalue weighted by Gasteiger charge is 2.63. The molecular weight excluding hydrogens is 533 g/mol. The largest absolute Gasteiger partial charge is 0.382 e. The maximum absolute atomic E-state index is 16.2. The van der Waals surface area contributed by atoms with E-state index < -0.39 is 52.7 Å². The summed E-state index contributed by atoms with van der Waals surface area (Å²) in [6.07, 6.45) is -0.921. The minimum Gasteiger partial charge on any atom is -0.382 e. The number of fused-ring (bicyclic) bond motifs is 5. The summed E-state index contributed by atoms with van der Waals surface area (Å²) in [4.78, 5) is 53.6. The van der Waals surface area contributed by atoms with E-state index in [2.05, 4.69) is 21.1 Å². The molecule has 0 unspecified atom stereocenters. The number of hydrogen-bond donors (Lipinski definition) is 3. The predicted molar refractivity (Wildman–Crippen MR) is 134 cm³/mol. The van der Waals surface area contributed by atoms with Crippen LogP contribution in [0.2, 0.25) is 0 Å². The van der Waals surface area contributed by atoms with Crippen molar-refractivity contribution in [2.75, 3.05) is 59.2 Å². The van der Waals surface area contributed by atoms with E-state index in [0.29, 0.717) is 0 Å². The van der Waals surface area contributed by atoms with Crippen LogP contribution in [0.5, 0.6) is 0 Å². The molecule has 216 valence electrons. The van der Waals surface area contributed by atoms with Crippen molar-refractivity contribution in [3.05, 3.63) is 23.1 Å². The zero-order chi connectivity index (χ0) is 28.8. The summed E-state index contributed by atoms with van der Waals surface area (Å²) < 4.78 is 43.1. The molecule has 0 radical (unpaired) electrons. The Morgan fingerprint density at radius 2 is 1.80 bits per heavy atom. The smallest absolute Gasteiger partial charge is 0.328 e. The molecule has 3 aliphatic heterocycles. The number of nitrogens with one attached hydrogen (secondary N) is 3.